The normalized spacial score (nSPS) is 38.1. The van der Waals surface area contributed by atoms with Crippen LogP contribution < -0.4 is 5.73 Å². The maximum atomic E-state index is 5.97. The van der Waals surface area contributed by atoms with E-state index in [-0.39, 0.29) is 0 Å². The highest BCUT2D eigenvalue weighted by Gasteiger charge is 2.35. The van der Waals surface area contributed by atoms with Crippen LogP contribution in [-0.4, -0.2) is 42.8 Å². The van der Waals surface area contributed by atoms with Gasteiger partial charge in [-0.2, -0.15) is 0 Å². The lowest BCUT2D eigenvalue weighted by Crippen LogP contribution is -2.47. The van der Waals surface area contributed by atoms with Crippen molar-refractivity contribution in [1.82, 2.24) is 4.90 Å². The zero-order valence-corrected chi connectivity index (χ0v) is 10.7. The summed E-state index contributed by atoms with van der Waals surface area (Å²) in [4.78, 5) is 2.57. The molecule has 0 saturated carbocycles. The van der Waals surface area contributed by atoms with Crippen LogP contribution >= 0.6 is 0 Å². The molecule has 0 aromatic rings. The largest absolute Gasteiger partial charge is 0.374 e. The molecule has 2 heterocycles. The van der Waals surface area contributed by atoms with Gasteiger partial charge >= 0.3 is 0 Å². The maximum absolute atomic E-state index is 5.97. The molecule has 2 aliphatic rings. The molecular weight excluding hydrogens is 200 g/mol. The zero-order chi connectivity index (χ0) is 11.5. The fraction of sp³-hybridized carbons (Fsp3) is 1.00. The lowest BCUT2D eigenvalue weighted by atomic mass is 10.1. The third kappa shape index (κ3) is 2.58. The highest BCUT2D eigenvalue weighted by molar-refractivity contribution is 4.89. The van der Waals surface area contributed by atoms with Crippen molar-refractivity contribution in [3.63, 3.8) is 0 Å². The molecule has 4 unspecified atom stereocenters. The number of nitrogens with two attached hydrogens (primary N) is 1. The van der Waals surface area contributed by atoms with Crippen molar-refractivity contribution >= 4 is 0 Å². The summed E-state index contributed by atoms with van der Waals surface area (Å²) < 4.78 is 5.97. The van der Waals surface area contributed by atoms with Crippen molar-refractivity contribution in [2.75, 3.05) is 19.6 Å². The molecule has 2 aliphatic heterocycles. The van der Waals surface area contributed by atoms with E-state index in [2.05, 4.69) is 18.7 Å². The Morgan fingerprint density at radius 3 is 2.69 bits per heavy atom. The van der Waals surface area contributed by atoms with Crippen LogP contribution in [0.2, 0.25) is 0 Å². The van der Waals surface area contributed by atoms with Crippen molar-refractivity contribution in [2.45, 2.75) is 57.8 Å². The van der Waals surface area contributed by atoms with E-state index in [0.29, 0.717) is 18.2 Å². The van der Waals surface area contributed by atoms with Crippen molar-refractivity contribution in [2.24, 2.45) is 11.7 Å². The Morgan fingerprint density at radius 1 is 1.38 bits per heavy atom. The molecule has 2 fully saturated rings. The molecule has 0 aliphatic carbocycles. The minimum atomic E-state index is 0.385. The van der Waals surface area contributed by atoms with Gasteiger partial charge in [-0.05, 0) is 38.6 Å². The minimum Gasteiger partial charge on any atom is -0.374 e. The Morgan fingerprint density at radius 2 is 2.19 bits per heavy atom. The van der Waals surface area contributed by atoms with E-state index in [1.807, 2.05) is 0 Å². The molecule has 2 rings (SSSR count). The monoisotopic (exact) mass is 226 g/mol. The number of nitrogens with zero attached hydrogens (tertiary/aromatic N) is 1. The molecule has 3 nitrogen and oxygen atoms in total. The van der Waals surface area contributed by atoms with Gasteiger partial charge in [0.05, 0.1) is 12.2 Å². The van der Waals surface area contributed by atoms with Crippen molar-refractivity contribution in [3.05, 3.63) is 0 Å². The fourth-order valence-corrected chi connectivity index (χ4v) is 3.15. The van der Waals surface area contributed by atoms with Crippen LogP contribution in [0.1, 0.15) is 39.5 Å². The first-order valence-electron chi connectivity index (χ1n) is 6.84. The van der Waals surface area contributed by atoms with Crippen LogP contribution in [0.4, 0.5) is 0 Å². The second kappa shape index (κ2) is 5.48. The Kier molecular flexibility index (Phi) is 4.22. The summed E-state index contributed by atoms with van der Waals surface area (Å²) >= 11 is 0. The Balaban J connectivity index is 1.90. The first kappa shape index (κ1) is 12.3. The SMILES string of the molecule is CCC1CCN(C(CN)C2CCC(C)O2)C1. The molecule has 0 radical (unpaired) electrons. The zero-order valence-electron chi connectivity index (χ0n) is 10.7. The number of hydrogen-bond acceptors (Lipinski definition) is 3. The van der Waals surface area contributed by atoms with Crippen molar-refractivity contribution in [3.8, 4) is 0 Å². The Labute approximate surface area is 99.3 Å². The Bertz CT molecular complexity index is 222. The van der Waals surface area contributed by atoms with Gasteiger partial charge in [-0.25, -0.2) is 0 Å². The summed E-state index contributed by atoms with van der Waals surface area (Å²) in [6, 6.07) is 0.460. The van der Waals surface area contributed by atoms with Gasteiger partial charge in [-0.1, -0.05) is 13.3 Å². The van der Waals surface area contributed by atoms with E-state index in [1.54, 1.807) is 0 Å². The smallest absolute Gasteiger partial charge is 0.0747 e. The van der Waals surface area contributed by atoms with Gasteiger partial charge in [0.25, 0.3) is 0 Å². The molecule has 0 amide bonds. The molecule has 0 bridgehead atoms. The first-order chi connectivity index (χ1) is 7.74. The summed E-state index contributed by atoms with van der Waals surface area (Å²) in [6.45, 7) is 7.65. The highest BCUT2D eigenvalue weighted by Crippen LogP contribution is 2.28. The maximum Gasteiger partial charge on any atom is 0.0747 e. The lowest BCUT2D eigenvalue weighted by Gasteiger charge is -2.31. The molecule has 94 valence electrons. The average Bonchev–Trinajstić information content (AvgIpc) is 2.89. The average molecular weight is 226 g/mol. The molecule has 0 aromatic heterocycles. The Hall–Kier alpha value is -0.120. The highest BCUT2D eigenvalue weighted by atomic mass is 16.5. The van der Waals surface area contributed by atoms with E-state index >= 15 is 0 Å². The molecule has 3 heteroatoms. The summed E-state index contributed by atoms with van der Waals surface area (Å²) in [5.41, 5.74) is 5.94. The van der Waals surface area contributed by atoms with Crippen molar-refractivity contribution in [1.29, 1.82) is 0 Å². The van der Waals surface area contributed by atoms with Crippen LogP contribution in [0.3, 0.4) is 0 Å². The number of ether oxygens (including phenoxy) is 1. The summed E-state index contributed by atoms with van der Waals surface area (Å²) in [6.07, 6.45) is 5.85. The molecule has 2 saturated heterocycles. The van der Waals surface area contributed by atoms with Crippen molar-refractivity contribution < 1.29 is 4.74 Å². The number of likely N-dealkylation sites (tertiary alicyclic amines) is 1. The summed E-state index contributed by atoms with van der Waals surface area (Å²) in [7, 11) is 0. The molecule has 2 N–H and O–H groups in total. The van der Waals surface area contributed by atoms with Gasteiger partial charge in [-0.15, -0.1) is 0 Å². The van der Waals surface area contributed by atoms with Gasteiger partial charge in [0.1, 0.15) is 0 Å². The van der Waals surface area contributed by atoms with Crippen LogP contribution in [0, 0.1) is 5.92 Å². The standard InChI is InChI=1S/C13H26N2O/c1-3-11-6-7-15(9-11)12(8-14)13-5-4-10(2)16-13/h10-13H,3-9,14H2,1-2H3. The van der Waals surface area contributed by atoms with E-state index in [0.717, 1.165) is 12.5 Å². The van der Waals surface area contributed by atoms with Gasteiger partial charge in [0.2, 0.25) is 0 Å². The van der Waals surface area contributed by atoms with Gasteiger partial charge in [-0.3, -0.25) is 4.90 Å². The van der Waals surface area contributed by atoms with Gasteiger partial charge < -0.3 is 10.5 Å². The molecule has 16 heavy (non-hydrogen) atoms. The van der Waals surface area contributed by atoms with Crippen LogP contribution in [0.25, 0.3) is 0 Å². The van der Waals surface area contributed by atoms with Gasteiger partial charge in [0.15, 0.2) is 0 Å². The van der Waals surface area contributed by atoms with Crippen LogP contribution in [-0.2, 0) is 4.74 Å². The molecular formula is C13H26N2O. The van der Waals surface area contributed by atoms with Crippen LogP contribution in [0.5, 0.6) is 0 Å². The second-order valence-corrected chi connectivity index (χ2v) is 5.42. The second-order valence-electron chi connectivity index (χ2n) is 5.42. The van der Waals surface area contributed by atoms with E-state index < -0.39 is 0 Å². The first-order valence-corrected chi connectivity index (χ1v) is 6.84. The lowest BCUT2D eigenvalue weighted by molar-refractivity contribution is 0.00119. The number of rotatable bonds is 4. The third-order valence-electron chi connectivity index (χ3n) is 4.30. The fourth-order valence-electron chi connectivity index (χ4n) is 3.15. The predicted octanol–water partition coefficient (Wildman–Crippen LogP) is 1.61. The number of hydrogen-bond donors (Lipinski definition) is 1. The van der Waals surface area contributed by atoms with E-state index in [4.69, 9.17) is 10.5 Å². The third-order valence-corrected chi connectivity index (χ3v) is 4.30. The summed E-state index contributed by atoms with van der Waals surface area (Å²) in [5, 5.41) is 0. The molecule has 0 spiro atoms. The van der Waals surface area contributed by atoms with E-state index in [1.165, 1.54) is 38.8 Å². The summed E-state index contributed by atoms with van der Waals surface area (Å²) in [5.74, 6) is 0.882. The predicted molar refractivity (Wildman–Crippen MR) is 66.4 cm³/mol. The van der Waals surface area contributed by atoms with Crippen LogP contribution in [0.15, 0.2) is 0 Å². The van der Waals surface area contributed by atoms with Gasteiger partial charge in [0, 0.05) is 19.1 Å². The topological polar surface area (TPSA) is 38.5 Å². The molecule has 4 atom stereocenters. The minimum absolute atomic E-state index is 0.385. The molecule has 0 aromatic carbocycles. The van der Waals surface area contributed by atoms with E-state index in [9.17, 15) is 0 Å². The quantitative estimate of drug-likeness (QED) is 0.791.